The van der Waals surface area contributed by atoms with E-state index < -0.39 is 0 Å². The van der Waals surface area contributed by atoms with Crippen LogP contribution in [0.3, 0.4) is 0 Å². The number of imide groups is 1. The molecule has 2 amide bonds. The molecule has 5 heteroatoms. The summed E-state index contributed by atoms with van der Waals surface area (Å²) in [6, 6.07) is 10.9. The van der Waals surface area contributed by atoms with E-state index >= 15 is 0 Å². The van der Waals surface area contributed by atoms with E-state index in [1.54, 1.807) is 18.2 Å². The van der Waals surface area contributed by atoms with Crippen molar-refractivity contribution in [2.24, 2.45) is 5.16 Å². The Balaban J connectivity index is 2.26. The SMILES string of the molecule is CC(C)c1cccc(C(C)C)c1N1C(=O)c2cccc(/C=N\O)c2C1=O. The summed E-state index contributed by atoms with van der Waals surface area (Å²) in [5.41, 5.74) is 3.64. The number of carbonyl (C=O) groups is 2. The lowest BCUT2D eigenvalue weighted by molar-refractivity contribution is 0.0925. The van der Waals surface area contributed by atoms with Gasteiger partial charge in [-0.25, -0.2) is 4.90 Å². The Labute approximate surface area is 152 Å². The van der Waals surface area contributed by atoms with Crippen LogP contribution in [0.25, 0.3) is 0 Å². The molecule has 0 unspecified atom stereocenters. The lowest BCUT2D eigenvalue weighted by Crippen LogP contribution is -2.32. The van der Waals surface area contributed by atoms with Crippen molar-refractivity contribution in [3.05, 3.63) is 64.2 Å². The molecule has 0 atom stereocenters. The van der Waals surface area contributed by atoms with E-state index in [2.05, 4.69) is 5.16 Å². The molecule has 2 aromatic rings. The molecule has 0 bridgehead atoms. The van der Waals surface area contributed by atoms with Gasteiger partial charge < -0.3 is 5.21 Å². The highest BCUT2D eigenvalue weighted by atomic mass is 16.4. The summed E-state index contributed by atoms with van der Waals surface area (Å²) in [6.45, 7) is 8.19. The van der Waals surface area contributed by atoms with Crippen LogP contribution in [-0.2, 0) is 0 Å². The highest BCUT2D eigenvalue weighted by molar-refractivity contribution is 6.36. The molecular weight excluding hydrogens is 328 g/mol. The van der Waals surface area contributed by atoms with Crippen molar-refractivity contribution in [2.75, 3.05) is 4.90 Å². The quantitative estimate of drug-likeness (QED) is 0.381. The van der Waals surface area contributed by atoms with Gasteiger partial charge in [0, 0.05) is 5.56 Å². The first kappa shape index (κ1) is 17.9. The number of amides is 2. The van der Waals surface area contributed by atoms with Crippen molar-refractivity contribution in [3.8, 4) is 0 Å². The predicted octanol–water partition coefficient (Wildman–Crippen LogP) is 4.54. The Kier molecular flexibility index (Phi) is 4.64. The lowest BCUT2D eigenvalue weighted by Gasteiger charge is -2.25. The number of carbonyl (C=O) groups excluding carboxylic acids is 2. The minimum absolute atomic E-state index is 0.159. The maximum atomic E-state index is 13.2. The monoisotopic (exact) mass is 350 g/mol. The van der Waals surface area contributed by atoms with Gasteiger partial charge in [-0.3, -0.25) is 9.59 Å². The van der Waals surface area contributed by atoms with Crippen molar-refractivity contribution >= 4 is 23.7 Å². The molecule has 0 spiro atoms. The van der Waals surface area contributed by atoms with Gasteiger partial charge in [0.15, 0.2) is 0 Å². The molecule has 2 aromatic carbocycles. The highest BCUT2D eigenvalue weighted by Crippen LogP contribution is 2.39. The third-order valence-electron chi connectivity index (χ3n) is 4.71. The van der Waals surface area contributed by atoms with Crippen molar-refractivity contribution in [3.63, 3.8) is 0 Å². The van der Waals surface area contributed by atoms with Crippen LogP contribution in [0.15, 0.2) is 41.6 Å². The van der Waals surface area contributed by atoms with Crippen LogP contribution in [0.5, 0.6) is 0 Å². The van der Waals surface area contributed by atoms with Gasteiger partial charge in [0.25, 0.3) is 11.8 Å². The van der Waals surface area contributed by atoms with E-state index in [0.29, 0.717) is 16.8 Å². The molecule has 0 saturated heterocycles. The Morgan fingerprint density at radius 1 is 0.923 bits per heavy atom. The molecule has 0 aliphatic carbocycles. The number of hydrogen-bond acceptors (Lipinski definition) is 4. The third-order valence-corrected chi connectivity index (χ3v) is 4.71. The van der Waals surface area contributed by atoms with Gasteiger partial charge in [0.2, 0.25) is 0 Å². The Morgan fingerprint density at radius 2 is 1.50 bits per heavy atom. The molecule has 1 heterocycles. The van der Waals surface area contributed by atoms with Gasteiger partial charge in [-0.1, -0.05) is 63.2 Å². The summed E-state index contributed by atoms with van der Waals surface area (Å²) >= 11 is 0. The fourth-order valence-corrected chi connectivity index (χ4v) is 3.45. The second kappa shape index (κ2) is 6.75. The van der Waals surface area contributed by atoms with Gasteiger partial charge in [0.1, 0.15) is 0 Å². The summed E-state index contributed by atoms with van der Waals surface area (Å²) in [4.78, 5) is 27.6. The average molecular weight is 350 g/mol. The first-order valence-electron chi connectivity index (χ1n) is 8.70. The Bertz CT molecular complexity index is 887. The molecule has 0 radical (unpaired) electrons. The van der Waals surface area contributed by atoms with E-state index in [4.69, 9.17) is 5.21 Å². The van der Waals surface area contributed by atoms with Crippen LogP contribution in [0.1, 0.15) is 76.9 Å². The predicted molar refractivity (Wildman–Crippen MR) is 102 cm³/mol. The van der Waals surface area contributed by atoms with Gasteiger partial charge in [-0.15, -0.1) is 0 Å². The fourth-order valence-electron chi connectivity index (χ4n) is 3.45. The maximum absolute atomic E-state index is 13.2. The number of rotatable bonds is 4. The van der Waals surface area contributed by atoms with E-state index in [1.165, 1.54) is 11.1 Å². The molecule has 1 aliphatic rings. The van der Waals surface area contributed by atoms with E-state index in [1.807, 2.05) is 45.9 Å². The summed E-state index contributed by atoms with van der Waals surface area (Å²) in [6.07, 6.45) is 1.19. The first-order chi connectivity index (χ1) is 12.4. The number of anilines is 1. The number of benzene rings is 2. The van der Waals surface area contributed by atoms with Crippen molar-refractivity contribution in [1.82, 2.24) is 0 Å². The normalized spacial score (nSPS) is 14.2. The van der Waals surface area contributed by atoms with Crippen molar-refractivity contribution in [2.45, 2.75) is 39.5 Å². The number of para-hydroxylation sites is 1. The first-order valence-corrected chi connectivity index (χ1v) is 8.70. The van der Waals surface area contributed by atoms with Gasteiger partial charge in [-0.2, -0.15) is 0 Å². The molecule has 3 rings (SSSR count). The molecule has 5 nitrogen and oxygen atoms in total. The van der Waals surface area contributed by atoms with Crippen LogP contribution in [0.2, 0.25) is 0 Å². The third kappa shape index (κ3) is 2.69. The van der Waals surface area contributed by atoms with E-state index in [9.17, 15) is 9.59 Å². The molecule has 1 aliphatic heterocycles. The average Bonchev–Trinajstić information content (AvgIpc) is 2.86. The summed E-state index contributed by atoms with van der Waals surface area (Å²) in [5.74, 6) is -0.401. The van der Waals surface area contributed by atoms with E-state index in [-0.39, 0.29) is 29.2 Å². The summed E-state index contributed by atoms with van der Waals surface area (Å²) in [7, 11) is 0. The molecule has 0 fully saturated rings. The van der Waals surface area contributed by atoms with Crippen LogP contribution in [-0.4, -0.2) is 23.2 Å². The zero-order chi connectivity index (χ0) is 19.0. The number of hydrogen-bond donors (Lipinski definition) is 1. The van der Waals surface area contributed by atoms with Gasteiger partial charge >= 0.3 is 0 Å². The zero-order valence-electron chi connectivity index (χ0n) is 15.4. The topological polar surface area (TPSA) is 70.0 Å². The Morgan fingerprint density at radius 3 is 2.04 bits per heavy atom. The molecule has 1 N–H and O–H groups in total. The fraction of sp³-hybridized carbons (Fsp3) is 0.286. The van der Waals surface area contributed by atoms with Crippen LogP contribution in [0.4, 0.5) is 5.69 Å². The van der Waals surface area contributed by atoms with E-state index in [0.717, 1.165) is 11.1 Å². The van der Waals surface area contributed by atoms with Crippen molar-refractivity contribution < 1.29 is 14.8 Å². The van der Waals surface area contributed by atoms with Gasteiger partial charge in [-0.05, 0) is 29.0 Å². The number of nitrogens with zero attached hydrogens (tertiary/aromatic N) is 2. The second-order valence-corrected chi connectivity index (χ2v) is 7.05. The largest absolute Gasteiger partial charge is 0.411 e. The standard InChI is InChI=1S/C21H22N2O3/c1-12(2)15-8-6-9-16(13(3)4)19(15)23-20(24)17-10-5-7-14(11-22-26)18(17)21(23)25/h5-13,26H,1-4H3/b22-11-. The van der Waals surface area contributed by atoms with Gasteiger partial charge in [0.05, 0.1) is 23.0 Å². The minimum atomic E-state index is -0.379. The summed E-state index contributed by atoms with van der Waals surface area (Å²) < 4.78 is 0. The molecule has 0 saturated carbocycles. The van der Waals surface area contributed by atoms with Crippen LogP contribution < -0.4 is 4.90 Å². The molecule has 26 heavy (non-hydrogen) atoms. The maximum Gasteiger partial charge on any atom is 0.266 e. The highest BCUT2D eigenvalue weighted by Gasteiger charge is 2.40. The molecule has 134 valence electrons. The Hall–Kier alpha value is -2.95. The zero-order valence-corrected chi connectivity index (χ0v) is 15.4. The number of oxime groups is 1. The van der Waals surface area contributed by atoms with Crippen molar-refractivity contribution in [1.29, 1.82) is 0 Å². The molecular formula is C21H22N2O3. The molecule has 0 aromatic heterocycles. The second-order valence-electron chi connectivity index (χ2n) is 7.05. The smallest absolute Gasteiger partial charge is 0.266 e. The minimum Gasteiger partial charge on any atom is -0.411 e. The summed E-state index contributed by atoms with van der Waals surface area (Å²) in [5, 5.41) is 11.9. The number of fused-ring (bicyclic) bond motifs is 1. The van der Waals surface area contributed by atoms with Crippen LogP contribution in [0, 0.1) is 0 Å². The lowest BCUT2D eigenvalue weighted by atomic mass is 9.92. The van der Waals surface area contributed by atoms with Crippen LogP contribution >= 0.6 is 0 Å².